The van der Waals surface area contributed by atoms with Crippen LogP contribution in [0.4, 0.5) is 0 Å². The first kappa shape index (κ1) is 17.5. The van der Waals surface area contributed by atoms with E-state index in [4.69, 9.17) is 0 Å². The van der Waals surface area contributed by atoms with Gasteiger partial charge in [0.05, 0.1) is 23.8 Å². The van der Waals surface area contributed by atoms with Gasteiger partial charge < -0.3 is 15.1 Å². The molecule has 0 aliphatic carbocycles. The lowest BCUT2D eigenvalue weighted by Crippen LogP contribution is -2.61. The molecule has 0 radical (unpaired) electrons. The summed E-state index contributed by atoms with van der Waals surface area (Å²) in [6.45, 7) is 1.57. The highest BCUT2D eigenvalue weighted by Crippen LogP contribution is 2.46. The van der Waals surface area contributed by atoms with Gasteiger partial charge in [-0.3, -0.25) is 9.48 Å². The Morgan fingerprint density at radius 2 is 2.04 bits per heavy atom. The molecule has 7 heteroatoms. The molecule has 1 fully saturated rings. The lowest BCUT2D eigenvalue weighted by Gasteiger charge is -2.44. The van der Waals surface area contributed by atoms with E-state index in [1.807, 2.05) is 43.4 Å². The van der Waals surface area contributed by atoms with Crippen LogP contribution in [0.25, 0.3) is 5.57 Å². The molecule has 0 spiro atoms. The minimum atomic E-state index is -1.14. The second-order valence-corrected chi connectivity index (χ2v) is 7.19. The van der Waals surface area contributed by atoms with E-state index in [0.29, 0.717) is 24.1 Å². The fourth-order valence-electron chi connectivity index (χ4n) is 4.12. The van der Waals surface area contributed by atoms with Gasteiger partial charge in [0.25, 0.3) is 0 Å². The van der Waals surface area contributed by atoms with Crippen molar-refractivity contribution in [2.24, 2.45) is 13.0 Å². The summed E-state index contributed by atoms with van der Waals surface area (Å²) in [5, 5.41) is 24.0. The third-order valence-electron chi connectivity index (χ3n) is 5.45. The average Bonchev–Trinajstić information content (AvgIpc) is 3.14. The molecule has 0 saturated carbocycles. The summed E-state index contributed by atoms with van der Waals surface area (Å²) >= 11 is 0. The molecule has 2 aliphatic rings. The van der Waals surface area contributed by atoms with Gasteiger partial charge in [0, 0.05) is 24.7 Å². The van der Waals surface area contributed by atoms with Gasteiger partial charge in [-0.15, -0.1) is 0 Å². The Morgan fingerprint density at radius 3 is 2.67 bits per heavy atom. The van der Waals surface area contributed by atoms with Crippen LogP contribution in [0.5, 0.6) is 0 Å². The number of benzene rings is 1. The lowest BCUT2D eigenvalue weighted by atomic mass is 9.83. The van der Waals surface area contributed by atoms with Crippen molar-refractivity contribution in [1.29, 1.82) is 0 Å². The fraction of sp³-hybridized carbons (Fsp3) is 0.350. The topological polar surface area (TPSA) is 95.7 Å². The van der Waals surface area contributed by atoms with Gasteiger partial charge in [0.2, 0.25) is 5.91 Å². The van der Waals surface area contributed by atoms with E-state index >= 15 is 0 Å². The number of hydrogen-bond acceptors (Lipinski definition) is 4. The lowest BCUT2D eigenvalue weighted by molar-refractivity contribution is -0.161. The van der Waals surface area contributed by atoms with Crippen molar-refractivity contribution < 1.29 is 19.8 Å². The highest BCUT2D eigenvalue weighted by atomic mass is 16.4. The molecule has 0 bridgehead atoms. The number of amides is 1. The monoisotopic (exact) mass is 367 g/mol. The zero-order valence-electron chi connectivity index (χ0n) is 15.2. The summed E-state index contributed by atoms with van der Waals surface area (Å²) in [7, 11) is 1.83. The molecule has 1 aromatic carbocycles. The molecular weight excluding hydrogens is 346 g/mol. The number of carboxylic acid groups (broad SMARTS) is 1. The number of hydrogen-bond donors (Lipinski definition) is 2. The Labute approximate surface area is 156 Å². The van der Waals surface area contributed by atoms with Crippen LogP contribution in [-0.4, -0.2) is 48.9 Å². The van der Waals surface area contributed by atoms with E-state index in [2.05, 4.69) is 5.10 Å². The van der Waals surface area contributed by atoms with Crippen molar-refractivity contribution in [3.63, 3.8) is 0 Å². The van der Waals surface area contributed by atoms with Crippen molar-refractivity contribution in [2.75, 3.05) is 0 Å². The Morgan fingerprint density at radius 1 is 1.33 bits per heavy atom. The molecule has 3 atom stereocenters. The van der Waals surface area contributed by atoms with Crippen LogP contribution >= 0.6 is 0 Å². The quantitative estimate of drug-likeness (QED) is 0.779. The number of aliphatic carboxylic acids is 1. The Bertz CT molecular complexity index is 945. The zero-order chi connectivity index (χ0) is 19.3. The smallest absolute Gasteiger partial charge is 0.352 e. The third kappa shape index (κ3) is 2.75. The van der Waals surface area contributed by atoms with Gasteiger partial charge in [0.15, 0.2) is 0 Å². The molecule has 0 unspecified atom stereocenters. The maximum atomic E-state index is 12.3. The summed E-state index contributed by atoms with van der Waals surface area (Å²) in [5.74, 6) is -2.02. The van der Waals surface area contributed by atoms with Crippen molar-refractivity contribution in [2.45, 2.75) is 31.9 Å². The second-order valence-electron chi connectivity index (χ2n) is 7.19. The standard InChI is InChI=1S/C20H21N3O4/c1-11(24)17-16-10-14(18(20(26)27)23(16)19(17)25)15-9-13(22(2)21-15)8-12-6-4-3-5-7-12/h3-7,9,11,16-17,24H,8,10H2,1-2H3,(H,26,27)/t11-,16-,17-/m1/s1. The molecule has 2 aromatic rings. The van der Waals surface area contributed by atoms with Crippen molar-refractivity contribution in [1.82, 2.24) is 14.7 Å². The molecule has 4 rings (SSSR count). The van der Waals surface area contributed by atoms with Crippen LogP contribution in [0.3, 0.4) is 0 Å². The molecule has 1 aromatic heterocycles. The van der Waals surface area contributed by atoms with Gasteiger partial charge in [0.1, 0.15) is 5.70 Å². The summed E-state index contributed by atoms with van der Waals surface area (Å²) < 4.78 is 1.75. The molecule has 2 aliphatic heterocycles. The molecule has 2 N–H and O–H groups in total. The summed E-state index contributed by atoms with van der Waals surface area (Å²) in [5.41, 5.74) is 3.22. The minimum absolute atomic E-state index is 0.00809. The van der Waals surface area contributed by atoms with Crippen molar-refractivity contribution >= 4 is 17.4 Å². The Hall–Kier alpha value is -2.93. The number of rotatable bonds is 5. The van der Waals surface area contributed by atoms with Gasteiger partial charge in [-0.1, -0.05) is 30.3 Å². The average molecular weight is 367 g/mol. The maximum Gasteiger partial charge on any atom is 0.352 e. The molecule has 7 nitrogen and oxygen atoms in total. The van der Waals surface area contributed by atoms with E-state index < -0.39 is 18.0 Å². The fourth-order valence-corrected chi connectivity index (χ4v) is 4.12. The highest BCUT2D eigenvalue weighted by Gasteiger charge is 2.57. The molecular formula is C20H21N3O4. The molecule has 140 valence electrons. The van der Waals surface area contributed by atoms with E-state index in [-0.39, 0.29) is 17.6 Å². The van der Waals surface area contributed by atoms with Crippen LogP contribution in [-0.2, 0) is 23.1 Å². The summed E-state index contributed by atoms with van der Waals surface area (Å²) in [4.78, 5) is 25.5. The zero-order valence-corrected chi connectivity index (χ0v) is 15.2. The first-order chi connectivity index (χ1) is 12.9. The largest absolute Gasteiger partial charge is 0.477 e. The Balaban J connectivity index is 1.68. The van der Waals surface area contributed by atoms with Crippen LogP contribution in [0, 0.1) is 5.92 Å². The number of nitrogens with zero attached hydrogens (tertiary/aromatic N) is 3. The predicted octanol–water partition coefficient (Wildman–Crippen LogP) is 1.42. The van der Waals surface area contributed by atoms with Crippen LogP contribution in [0.1, 0.15) is 30.3 Å². The first-order valence-electron chi connectivity index (χ1n) is 8.93. The van der Waals surface area contributed by atoms with Crippen molar-refractivity contribution in [3.05, 3.63) is 59.0 Å². The number of carbonyl (C=O) groups excluding carboxylic acids is 1. The normalized spacial score (nSPS) is 22.6. The van der Waals surface area contributed by atoms with Crippen LogP contribution in [0.15, 0.2) is 42.1 Å². The van der Waals surface area contributed by atoms with E-state index in [9.17, 15) is 19.8 Å². The first-order valence-corrected chi connectivity index (χ1v) is 8.93. The van der Waals surface area contributed by atoms with Gasteiger partial charge in [-0.2, -0.15) is 5.10 Å². The summed E-state index contributed by atoms with van der Waals surface area (Å²) in [6, 6.07) is 11.5. The van der Waals surface area contributed by atoms with Gasteiger partial charge in [-0.25, -0.2) is 4.79 Å². The van der Waals surface area contributed by atoms with Crippen LogP contribution < -0.4 is 0 Å². The highest BCUT2D eigenvalue weighted by molar-refractivity contribution is 6.05. The minimum Gasteiger partial charge on any atom is -0.477 e. The number of carboxylic acids is 1. The second kappa shape index (κ2) is 6.35. The SMILES string of the molecule is C[C@@H](O)[C@H]1C(=O)N2C(C(=O)O)=C(c3cc(Cc4ccccc4)n(C)n3)C[C@H]12. The van der Waals surface area contributed by atoms with E-state index in [1.54, 1.807) is 11.6 Å². The molecule has 3 heterocycles. The maximum absolute atomic E-state index is 12.3. The Kier molecular flexibility index (Phi) is 4.11. The number of β-lactam (4-membered cyclic amide) rings is 1. The molecule has 1 amide bonds. The third-order valence-corrected chi connectivity index (χ3v) is 5.45. The van der Waals surface area contributed by atoms with Gasteiger partial charge in [-0.05, 0) is 25.0 Å². The van der Waals surface area contributed by atoms with Gasteiger partial charge >= 0.3 is 5.97 Å². The predicted molar refractivity (Wildman–Crippen MR) is 97.4 cm³/mol. The summed E-state index contributed by atoms with van der Waals surface area (Å²) in [6.07, 6.45) is 0.276. The number of carbonyl (C=O) groups is 2. The molecule has 27 heavy (non-hydrogen) atoms. The van der Waals surface area contributed by atoms with Crippen LogP contribution in [0.2, 0.25) is 0 Å². The molecule has 1 saturated heterocycles. The number of aliphatic hydroxyl groups is 1. The number of aromatic nitrogens is 2. The van der Waals surface area contributed by atoms with E-state index in [1.165, 1.54) is 4.90 Å². The number of aryl methyl sites for hydroxylation is 1. The van der Waals surface area contributed by atoms with Crippen molar-refractivity contribution in [3.8, 4) is 0 Å². The number of aliphatic hydroxyl groups excluding tert-OH is 1. The number of fused-ring (bicyclic) bond motifs is 1. The van der Waals surface area contributed by atoms with E-state index in [0.717, 1.165) is 11.3 Å².